The van der Waals surface area contributed by atoms with Crippen molar-refractivity contribution in [2.45, 2.75) is 12.8 Å². The van der Waals surface area contributed by atoms with Gasteiger partial charge in [0.05, 0.1) is 6.54 Å². The molecule has 4 heteroatoms. The van der Waals surface area contributed by atoms with Crippen LogP contribution in [0.2, 0.25) is 0 Å². The highest BCUT2D eigenvalue weighted by Crippen LogP contribution is 2.14. The molecule has 21 heavy (non-hydrogen) atoms. The van der Waals surface area contributed by atoms with Gasteiger partial charge in [-0.1, -0.05) is 53.2 Å². The first-order valence-electron chi connectivity index (χ1n) is 6.96. The number of halogens is 1. The number of amides is 1. The Bertz CT molecular complexity index is 569. The number of hydrogen-bond donors (Lipinski definition) is 2. The monoisotopic (exact) mass is 346 g/mol. The van der Waals surface area contributed by atoms with Crippen LogP contribution in [-0.4, -0.2) is 19.0 Å². The van der Waals surface area contributed by atoms with Crippen molar-refractivity contribution < 1.29 is 4.79 Å². The van der Waals surface area contributed by atoms with Gasteiger partial charge >= 0.3 is 0 Å². The second-order valence-corrected chi connectivity index (χ2v) is 5.91. The van der Waals surface area contributed by atoms with Crippen molar-refractivity contribution in [2.75, 3.05) is 18.4 Å². The summed E-state index contributed by atoms with van der Waals surface area (Å²) >= 11 is 3.37. The van der Waals surface area contributed by atoms with Crippen molar-refractivity contribution in [3.63, 3.8) is 0 Å². The van der Waals surface area contributed by atoms with Crippen LogP contribution in [0.15, 0.2) is 59.1 Å². The van der Waals surface area contributed by atoms with Crippen LogP contribution in [0.1, 0.15) is 18.4 Å². The molecule has 0 saturated heterocycles. The number of anilines is 1. The first kappa shape index (κ1) is 15.7. The molecule has 0 aliphatic carbocycles. The van der Waals surface area contributed by atoms with Crippen LogP contribution < -0.4 is 10.6 Å². The minimum Gasteiger partial charge on any atom is -0.325 e. The summed E-state index contributed by atoms with van der Waals surface area (Å²) < 4.78 is 0.996. The van der Waals surface area contributed by atoms with E-state index in [1.165, 1.54) is 5.56 Å². The molecule has 3 nitrogen and oxygen atoms in total. The van der Waals surface area contributed by atoms with Crippen molar-refractivity contribution in [2.24, 2.45) is 0 Å². The maximum Gasteiger partial charge on any atom is 0.238 e. The highest BCUT2D eigenvalue weighted by molar-refractivity contribution is 9.10. The molecule has 2 rings (SSSR count). The summed E-state index contributed by atoms with van der Waals surface area (Å²) in [5.41, 5.74) is 2.08. The molecule has 110 valence electrons. The summed E-state index contributed by atoms with van der Waals surface area (Å²) in [5.74, 6) is 0.351. The summed E-state index contributed by atoms with van der Waals surface area (Å²) in [4.78, 5) is 11.8. The van der Waals surface area contributed by atoms with Crippen molar-refractivity contribution >= 4 is 27.5 Å². The van der Waals surface area contributed by atoms with Crippen molar-refractivity contribution in [3.05, 3.63) is 64.6 Å². The van der Waals surface area contributed by atoms with Gasteiger partial charge in [0.1, 0.15) is 0 Å². The SMILES string of the molecule is CC(CNCC(=O)Nc1ccc(Br)cc1)c1ccccc1. The van der Waals surface area contributed by atoms with Gasteiger partial charge in [-0.05, 0) is 35.7 Å². The van der Waals surface area contributed by atoms with Crippen LogP contribution in [-0.2, 0) is 4.79 Å². The number of carbonyl (C=O) groups is 1. The minimum absolute atomic E-state index is 0.0300. The van der Waals surface area contributed by atoms with E-state index in [0.717, 1.165) is 16.7 Å². The van der Waals surface area contributed by atoms with E-state index in [9.17, 15) is 4.79 Å². The molecule has 0 aliphatic heterocycles. The molecule has 0 bridgehead atoms. The number of nitrogens with one attached hydrogen (secondary N) is 2. The molecule has 0 heterocycles. The van der Waals surface area contributed by atoms with Crippen LogP contribution in [0.4, 0.5) is 5.69 Å². The third-order valence-electron chi connectivity index (χ3n) is 3.23. The topological polar surface area (TPSA) is 41.1 Å². The van der Waals surface area contributed by atoms with Crippen LogP contribution in [0.25, 0.3) is 0 Å². The second-order valence-electron chi connectivity index (χ2n) is 5.00. The van der Waals surface area contributed by atoms with E-state index in [-0.39, 0.29) is 5.91 Å². The number of hydrogen-bond acceptors (Lipinski definition) is 2. The quantitative estimate of drug-likeness (QED) is 0.835. The Kier molecular flexibility index (Phi) is 5.96. The Morgan fingerprint density at radius 3 is 2.43 bits per heavy atom. The second kappa shape index (κ2) is 7.96. The molecule has 0 aliphatic rings. The standard InChI is InChI=1S/C17H19BrN2O/c1-13(14-5-3-2-4-6-14)11-19-12-17(21)20-16-9-7-15(18)8-10-16/h2-10,13,19H,11-12H2,1H3,(H,20,21). The molecule has 2 aromatic carbocycles. The van der Waals surface area contributed by atoms with Gasteiger partial charge in [0.25, 0.3) is 0 Å². The number of rotatable bonds is 6. The van der Waals surface area contributed by atoms with E-state index in [0.29, 0.717) is 12.5 Å². The van der Waals surface area contributed by atoms with E-state index < -0.39 is 0 Å². The van der Waals surface area contributed by atoms with Gasteiger partial charge in [-0.15, -0.1) is 0 Å². The molecule has 0 saturated carbocycles. The maximum absolute atomic E-state index is 11.8. The van der Waals surface area contributed by atoms with E-state index in [1.54, 1.807) is 0 Å². The summed E-state index contributed by atoms with van der Waals surface area (Å²) in [7, 11) is 0. The summed E-state index contributed by atoms with van der Waals surface area (Å²) in [6.07, 6.45) is 0. The van der Waals surface area contributed by atoms with Crippen LogP contribution >= 0.6 is 15.9 Å². The zero-order valence-corrected chi connectivity index (χ0v) is 13.6. The van der Waals surface area contributed by atoms with E-state index in [1.807, 2.05) is 42.5 Å². The van der Waals surface area contributed by atoms with Gasteiger partial charge in [-0.25, -0.2) is 0 Å². The van der Waals surface area contributed by atoms with Gasteiger partial charge in [0, 0.05) is 16.7 Å². The van der Waals surface area contributed by atoms with Gasteiger partial charge in [0.2, 0.25) is 5.91 Å². The third-order valence-corrected chi connectivity index (χ3v) is 3.76. The fourth-order valence-electron chi connectivity index (χ4n) is 2.04. The Labute approximate surface area is 133 Å². The van der Waals surface area contributed by atoms with Crippen molar-refractivity contribution in [1.82, 2.24) is 5.32 Å². The summed E-state index contributed by atoms with van der Waals surface area (Å²) in [5, 5.41) is 6.05. The summed E-state index contributed by atoms with van der Waals surface area (Å²) in [6, 6.07) is 17.8. The average molecular weight is 347 g/mol. The predicted molar refractivity (Wildman–Crippen MR) is 90.5 cm³/mol. The van der Waals surface area contributed by atoms with E-state index in [2.05, 4.69) is 45.6 Å². The third kappa shape index (κ3) is 5.33. The molecule has 0 aromatic heterocycles. The molecular formula is C17H19BrN2O. The molecule has 1 atom stereocenters. The van der Waals surface area contributed by atoms with Gasteiger partial charge < -0.3 is 10.6 Å². The largest absolute Gasteiger partial charge is 0.325 e. The molecule has 2 aromatic rings. The van der Waals surface area contributed by atoms with Gasteiger partial charge in [-0.3, -0.25) is 4.79 Å². The summed E-state index contributed by atoms with van der Waals surface area (Å²) in [6.45, 7) is 3.24. The molecule has 2 N–H and O–H groups in total. The Morgan fingerprint density at radius 1 is 1.10 bits per heavy atom. The van der Waals surface area contributed by atoms with Crippen LogP contribution in [0, 0.1) is 0 Å². The predicted octanol–water partition coefficient (Wildman–Crippen LogP) is 3.78. The van der Waals surface area contributed by atoms with Gasteiger partial charge in [0.15, 0.2) is 0 Å². The molecule has 1 amide bonds. The average Bonchev–Trinajstić information content (AvgIpc) is 2.50. The fraction of sp³-hybridized carbons (Fsp3) is 0.235. The van der Waals surface area contributed by atoms with Crippen LogP contribution in [0.5, 0.6) is 0 Å². The molecular weight excluding hydrogens is 328 g/mol. The number of benzene rings is 2. The Balaban J connectivity index is 1.73. The van der Waals surface area contributed by atoms with Crippen LogP contribution in [0.3, 0.4) is 0 Å². The lowest BCUT2D eigenvalue weighted by molar-refractivity contribution is -0.115. The van der Waals surface area contributed by atoms with E-state index in [4.69, 9.17) is 0 Å². The molecule has 0 fully saturated rings. The lowest BCUT2D eigenvalue weighted by Gasteiger charge is -2.13. The zero-order chi connectivity index (χ0) is 15.1. The molecule has 0 radical (unpaired) electrons. The van der Waals surface area contributed by atoms with Crippen molar-refractivity contribution in [1.29, 1.82) is 0 Å². The number of carbonyl (C=O) groups excluding carboxylic acids is 1. The lowest BCUT2D eigenvalue weighted by atomic mass is 10.0. The van der Waals surface area contributed by atoms with E-state index >= 15 is 0 Å². The highest BCUT2D eigenvalue weighted by atomic mass is 79.9. The Morgan fingerprint density at radius 2 is 1.76 bits per heavy atom. The first-order chi connectivity index (χ1) is 10.1. The highest BCUT2D eigenvalue weighted by Gasteiger charge is 2.06. The first-order valence-corrected chi connectivity index (χ1v) is 7.75. The smallest absolute Gasteiger partial charge is 0.238 e. The van der Waals surface area contributed by atoms with Gasteiger partial charge in [-0.2, -0.15) is 0 Å². The zero-order valence-electron chi connectivity index (χ0n) is 12.0. The lowest BCUT2D eigenvalue weighted by Crippen LogP contribution is -2.30. The van der Waals surface area contributed by atoms with Crippen molar-refractivity contribution in [3.8, 4) is 0 Å². The molecule has 1 unspecified atom stereocenters. The molecule has 0 spiro atoms. The maximum atomic E-state index is 11.8. The fourth-order valence-corrected chi connectivity index (χ4v) is 2.30. The minimum atomic E-state index is -0.0300. The Hall–Kier alpha value is -1.65. The normalized spacial score (nSPS) is 11.9.